The van der Waals surface area contributed by atoms with E-state index in [0.717, 1.165) is 12.5 Å². The van der Waals surface area contributed by atoms with Crippen molar-refractivity contribution in [1.82, 2.24) is 5.32 Å². The van der Waals surface area contributed by atoms with Crippen LogP contribution in [0.15, 0.2) is 18.2 Å². The van der Waals surface area contributed by atoms with Crippen molar-refractivity contribution in [3.05, 3.63) is 39.7 Å². The molecule has 1 N–H and O–H groups in total. The highest BCUT2D eigenvalue weighted by molar-refractivity contribution is 5.36. The first-order valence-corrected chi connectivity index (χ1v) is 6.22. The predicted octanol–water partition coefficient (Wildman–Crippen LogP) is 2.87. The SMILES string of the molecule is CC(CNCc1cccc([N+](=O)[O-])c1F)C1CC1. The first-order valence-electron chi connectivity index (χ1n) is 6.22. The van der Waals surface area contributed by atoms with Crippen LogP contribution in [0.2, 0.25) is 0 Å². The molecule has 1 saturated carbocycles. The van der Waals surface area contributed by atoms with Crippen molar-refractivity contribution in [2.24, 2.45) is 11.8 Å². The van der Waals surface area contributed by atoms with E-state index < -0.39 is 16.4 Å². The lowest BCUT2D eigenvalue weighted by atomic mass is 10.1. The Morgan fingerprint density at radius 1 is 1.56 bits per heavy atom. The molecule has 0 radical (unpaired) electrons. The predicted molar refractivity (Wildman–Crippen MR) is 66.6 cm³/mol. The maximum Gasteiger partial charge on any atom is 0.305 e. The van der Waals surface area contributed by atoms with Crippen molar-refractivity contribution in [3.63, 3.8) is 0 Å². The van der Waals surface area contributed by atoms with Gasteiger partial charge in [-0.05, 0) is 31.2 Å². The largest absolute Gasteiger partial charge is 0.312 e. The number of nitrogens with one attached hydrogen (secondary N) is 1. The zero-order chi connectivity index (χ0) is 13.1. The van der Waals surface area contributed by atoms with Crippen molar-refractivity contribution in [3.8, 4) is 0 Å². The van der Waals surface area contributed by atoms with Gasteiger partial charge in [0.25, 0.3) is 0 Å². The van der Waals surface area contributed by atoms with Crippen LogP contribution in [0.3, 0.4) is 0 Å². The Balaban J connectivity index is 1.92. The van der Waals surface area contributed by atoms with E-state index in [-0.39, 0.29) is 0 Å². The van der Waals surface area contributed by atoms with Gasteiger partial charge in [0.15, 0.2) is 0 Å². The number of hydrogen-bond donors (Lipinski definition) is 1. The Labute approximate surface area is 105 Å². The maximum absolute atomic E-state index is 13.7. The molecular weight excluding hydrogens is 235 g/mol. The van der Waals surface area contributed by atoms with E-state index in [1.165, 1.54) is 25.0 Å². The van der Waals surface area contributed by atoms with Gasteiger partial charge in [-0.3, -0.25) is 10.1 Å². The van der Waals surface area contributed by atoms with Crippen LogP contribution < -0.4 is 5.32 Å². The van der Waals surface area contributed by atoms with Crippen LogP contribution in [0.4, 0.5) is 10.1 Å². The Kier molecular flexibility index (Phi) is 3.91. The van der Waals surface area contributed by atoms with Crippen LogP contribution in [0.1, 0.15) is 25.3 Å². The Bertz CT molecular complexity index is 447. The summed E-state index contributed by atoms with van der Waals surface area (Å²) in [6, 6.07) is 4.28. The summed E-state index contributed by atoms with van der Waals surface area (Å²) in [6.07, 6.45) is 2.57. The Hall–Kier alpha value is -1.49. The van der Waals surface area contributed by atoms with Crippen molar-refractivity contribution in [2.75, 3.05) is 6.54 Å². The average molecular weight is 252 g/mol. The highest BCUT2D eigenvalue weighted by atomic mass is 19.1. The third-order valence-corrected chi connectivity index (χ3v) is 3.46. The van der Waals surface area contributed by atoms with Gasteiger partial charge in [-0.25, -0.2) is 0 Å². The van der Waals surface area contributed by atoms with Crippen molar-refractivity contribution < 1.29 is 9.31 Å². The summed E-state index contributed by atoms with van der Waals surface area (Å²) < 4.78 is 13.7. The molecule has 1 aromatic carbocycles. The second kappa shape index (κ2) is 5.44. The van der Waals surface area contributed by atoms with Crippen molar-refractivity contribution in [1.29, 1.82) is 0 Å². The summed E-state index contributed by atoms with van der Waals surface area (Å²) in [4.78, 5) is 9.91. The van der Waals surface area contributed by atoms with E-state index in [1.54, 1.807) is 6.07 Å². The Morgan fingerprint density at radius 2 is 2.28 bits per heavy atom. The van der Waals surface area contributed by atoms with Crippen LogP contribution >= 0.6 is 0 Å². The lowest BCUT2D eigenvalue weighted by molar-refractivity contribution is -0.387. The molecule has 0 bridgehead atoms. The molecule has 1 aromatic rings. The second-order valence-corrected chi connectivity index (χ2v) is 4.95. The fourth-order valence-electron chi connectivity index (χ4n) is 2.11. The number of hydrogen-bond acceptors (Lipinski definition) is 3. The third kappa shape index (κ3) is 3.04. The minimum absolute atomic E-state index is 0.338. The number of nitro groups is 1. The van der Waals surface area contributed by atoms with Gasteiger partial charge in [0.1, 0.15) is 0 Å². The molecule has 0 aromatic heterocycles. The molecule has 0 aliphatic heterocycles. The minimum atomic E-state index is -0.728. The molecule has 4 nitrogen and oxygen atoms in total. The molecular formula is C13H17FN2O2. The summed E-state index contributed by atoms with van der Waals surface area (Å²) in [5, 5.41) is 13.8. The summed E-state index contributed by atoms with van der Waals surface area (Å²) in [5.41, 5.74) is -0.100. The molecule has 0 heterocycles. The molecule has 1 atom stereocenters. The highest BCUT2D eigenvalue weighted by Gasteiger charge is 2.27. The number of benzene rings is 1. The van der Waals surface area contributed by atoms with Crippen LogP contribution in [-0.4, -0.2) is 11.5 Å². The fourth-order valence-corrected chi connectivity index (χ4v) is 2.11. The first-order chi connectivity index (χ1) is 8.59. The number of rotatable bonds is 6. The van der Waals surface area contributed by atoms with E-state index in [1.807, 2.05) is 0 Å². The first kappa shape index (κ1) is 13.0. The van der Waals surface area contributed by atoms with Gasteiger partial charge in [0, 0.05) is 18.2 Å². The van der Waals surface area contributed by atoms with Crippen LogP contribution in [-0.2, 0) is 6.54 Å². The van der Waals surface area contributed by atoms with Crippen molar-refractivity contribution >= 4 is 5.69 Å². The standard InChI is InChI=1S/C13H17FN2O2/c1-9(10-5-6-10)7-15-8-11-3-2-4-12(13(11)14)16(17)18/h2-4,9-10,15H,5-8H2,1H3. The Morgan fingerprint density at radius 3 is 2.89 bits per heavy atom. The third-order valence-electron chi connectivity index (χ3n) is 3.46. The summed E-state index contributed by atoms with van der Waals surface area (Å²) >= 11 is 0. The molecule has 0 spiro atoms. The monoisotopic (exact) mass is 252 g/mol. The zero-order valence-corrected chi connectivity index (χ0v) is 10.4. The highest BCUT2D eigenvalue weighted by Crippen LogP contribution is 2.36. The topological polar surface area (TPSA) is 55.2 Å². The van der Waals surface area contributed by atoms with E-state index in [4.69, 9.17) is 0 Å². The van der Waals surface area contributed by atoms with Gasteiger partial charge in [-0.15, -0.1) is 0 Å². The van der Waals surface area contributed by atoms with Crippen LogP contribution in [0.5, 0.6) is 0 Å². The van der Waals surface area contributed by atoms with Gasteiger partial charge >= 0.3 is 5.69 Å². The van der Waals surface area contributed by atoms with E-state index in [2.05, 4.69) is 12.2 Å². The van der Waals surface area contributed by atoms with Gasteiger partial charge in [0.05, 0.1) is 4.92 Å². The van der Waals surface area contributed by atoms with E-state index in [9.17, 15) is 14.5 Å². The molecule has 0 amide bonds. The van der Waals surface area contributed by atoms with Gasteiger partial charge < -0.3 is 5.32 Å². The zero-order valence-electron chi connectivity index (χ0n) is 10.4. The molecule has 1 aliphatic carbocycles. The molecule has 98 valence electrons. The summed E-state index contributed by atoms with van der Waals surface area (Å²) in [7, 11) is 0. The van der Waals surface area contributed by atoms with Crippen LogP contribution in [0, 0.1) is 27.8 Å². The lowest BCUT2D eigenvalue weighted by Crippen LogP contribution is -2.22. The molecule has 0 saturated heterocycles. The number of halogens is 1. The maximum atomic E-state index is 13.7. The smallest absolute Gasteiger partial charge is 0.305 e. The quantitative estimate of drug-likeness (QED) is 0.625. The van der Waals surface area contributed by atoms with E-state index in [0.29, 0.717) is 18.0 Å². The molecule has 1 aliphatic rings. The normalized spacial score (nSPS) is 16.6. The van der Waals surface area contributed by atoms with E-state index >= 15 is 0 Å². The van der Waals surface area contributed by atoms with Crippen LogP contribution in [0.25, 0.3) is 0 Å². The molecule has 5 heteroatoms. The minimum Gasteiger partial charge on any atom is -0.312 e. The molecule has 1 unspecified atom stereocenters. The van der Waals surface area contributed by atoms with Crippen molar-refractivity contribution in [2.45, 2.75) is 26.3 Å². The molecule has 1 fully saturated rings. The van der Waals surface area contributed by atoms with Gasteiger partial charge in [-0.1, -0.05) is 19.1 Å². The van der Waals surface area contributed by atoms with Gasteiger partial charge in [0.2, 0.25) is 5.82 Å². The summed E-state index contributed by atoms with van der Waals surface area (Å²) in [6.45, 7) is 3.34. The fraction of sp³-hybridized carbons (Fsp3) is 0.538. The molecule has 18 heavy (non-hydrogen) atoms. The lowest BCUT2D eigenvalue weighted by Gasteiger charge is -2.11. The summed E-state index contributed by atoms with van der Waals surface area (Å²) in [5.74, 6) is 0.660. The number of nitro benzene ring substituents is 1. The second-order valence-electron chi connectivity index (χ2n) is 4.95. The van der Waals surface area contributed by atoms with Gasteiger partial charge in [-0.2, -0.15) is 4.39 Å². The molecule has 2 rings (SSSR count). The number of nitrogens with zero attached hydrogens (tertiary/aromatic N) is 1. The average Bonchev–Trinajstić information content (AvgIpc) is 3.14.